The van der Waals surface area contributed by atoms with Crippen LogP contribution >= 0.6 is 11.8 Å². The fourth-order valence-electron chi connectivity index (χ4n) is 5.67. The Morgan fingerprint density at radius 1 is 1.09 bits per heavy atom. The van der Waals surface area contributed by atoms with Crippen LogP contribution in [0.25, 0.3) is 16.6 Å². The average molecular weight is 628 g/mol. The number of carbonyl (C=O) groups is 1. The lowest BCUT2D eigenvalue weighted by atomic mass is 10.1. The van der Waals surface area contributed by atoms with Crippen molar-refractivity contribution in [1.82, 2.24) is 24.4 Å². The summed E-state index contributed by atoms with van der Waals surface area (Å²) in [5.74, 6) is 1.20. The molecule has 0 fully saturated rings. The van der Waals surface area contributed by atoms with Crippen LogP contribution < -0.4 is 20.5 Å². The summed E-state index contributed by atoms with van der Waals surface area (Å²) < 4.78 is 21.8. The number of methoxy groups -OCH3 is 1. The molecule has 1 aliphatic heterocycles. The van der Waals surface area contributed by atoms with Gasteiger partial charge in [-0.25, -0.2) is 19.3 Å². The normalized spacial score (nSPS) is 15.2. The SMILES string of the molecule is CCC(Nc1nc(SC)nc2c1C(=O)N(C)CN2Cc1ccc(OC)cc1)c1nc2cccc(F)c2c(=O)n1C1=CCCC=C1. The van der Waals surface area contributed by atoms with Gasteiger partial charge in [-0.2, -0.15) is 0 Å². The fraction of sp³-hybridized carbons (Fsp3) is 0.303. The molecule has 1 N–H and O–H groups in total. The van der Waals surface area contributed by atoms with Crippen molar-refractivity contribution in [3.05, 3.63) is 93.8 Å². The smallest absolute Gasteiger partial charge is 0.269 e. The molecule has 10 nitrogen and oxygen atoms in total. The van der Waals surface area contributed by atoms with Crippen molar-refractivity contribution in [3.8, 4) is 5.75 Å². The van der Waals surface area contributed by atoms with Crippen LogP contribution in [0.15, 0.2) is 70.6 Å². The third-order valence-corrected chi connectivity index (χ3v) is 8.51. The van der Waals surface area contributed by atoms with Crippen LogP contribution in [0.3, 0.4) is 0 Å². The van der Waals surface area contributed by atoms with E-state index in [1.807, 2.05) is 60.6 Å². The van der Waals surface area contributed by atoms with Gasteiger partial charge in [0.15, 0.2) is 5.16 Å². The Balaban J connectivity index is 1.47. The molecule has 1 aliphatic carbocycles. The van der Waals surface area contributed by atoms with Crippen LogP contribution in [0.2, 0.25) is 0 Å². The number of amides is 1. The minimum atomic E-state index is -0.619. The van der Waals surface area contributed by atoms with E-state index in [1.54, 1.807) is 31.2 Å². The minimum Gasteiger partial charge on any atom is -0.497 e. The molecule has 4 aromatic rings. The highest BCUT2D eigenvalue weighted by Gasteiger charge is 2.34. The van der Waals surface area contributed by atoms with Gasteiger partial charge in [0.25, 0.3) is 11.5 Å². The molecule has 0 radical (unpaired) electrons. The number of thioether (sulfide) groups is 1. The predicted octanol–water partition coefficient (Wildman–Crippen LogP) is 5.86. The van der Waals surface area contributed by atoms with Crippen LogP contribution in [-0.2, 0) is 6.54 Å². The Morgan fingerprint density at radius 3 is 2.58 bits per heavy atom. The van der Waals surface area contributed by atoms with Gasteiger partial charge in [0.05, 0.1) is 25.3 Å². The Morgan fingerprint density at radius 2 is 1.89 bits per heavy atom. The zero-order chi connectivity index (χ0) is 31.7. The van der Waals surface area contributed by atoms with E-state index in [0.29, 0.717) is 53.5 Å². The third-order valence-electron chi connectivity index (χ3n) is 7.96. The molecule has 3 heterocycles. The van der Waals surface area contributed by atoms with E-state index in [0.717, 1.165) is 24.2 Å². The highest BCUT2D eigenvalue weighted by atomic mass is 32.2. The van der Waals surface area contributed by atoms with Gasteiger partial charge in [-0.05, 0) is 61.4 Å². The van der Waals surface area contributed by atoms with E-state index in [9.17, 15) is 14.0 Å². The van der Waals surface area contributed by atoms with Gasteiger partial charge in [0.2, 0.25) is 0 Å². The maximum Gasteiger partial charge on any atom is 0.269 e. The molecule has 0 bridgehead atoms. The quantitative estimate of drug-likeness (QED) is 0.180. The first-order valence-electron chi connectivity index (χ1n) is 14.8. The number of fused-ring (bicyclic) bond motifs is 2. The highest BCUT2D eigenvalue weighted by molar-refractivity contribution is 7.98. The maximum atomic E-state index is 15.0. The first-order chi connectivity index (χ1) is 21.8. The van der Waals surface area contributed by atoms with Gasteiger partial charge in [0.1, 0.15) is 40.0 Å². The van der Waals surface area contributed by atoms with Crippen LogP contribution in [0, 0.1) is 5.82 Å². The molecule has 45 heavy (non-hydrogen) atoms. The monoisotopic (exact) mass is 627 g/mol. The van der Waals surface area contributed by atoms with Gasteiger partial charge >= 0.3 is 0 Å². The second kappa shape index (κ2) is 12.7. The van der Waals surface area contributed by atoms with E-state index in [1.165, 1.54) is 22.4 Å². The van der Waals surface area contributed by atoms with Crippen molar-refractivity contribution < 1.29 is 13.9 Å². The van der Waals surface area contributed by atoms with Crippen LogP contribution in [-0.4, -0.2) is 57.4 Å². The summed E-state index contributed by atoms with van der Waals surface area (Å²) in [5, 5.41) is 3.89. The Hall–Kier alpha value is -4.71. The lowest BCUT2D eigenvalue weighted by Gasteiger charge is -2.36. The number of rotatable bonds is 9. The highest BCUT2D eigenvalue weighted by Crippen LogP contribution is 2.35. The van der Waals surface area contributed by atoms with Crippen LogP contribution in [0.5, 0.6) is 5.75 Å². The van der Waals surface area contributed by atoms with Crippen molar-refractivity contribution in [3.63, 3.8) is 0 Å². The number of hydrogen-bond donors (Lipinski definition) is 1. The lowest BCUT2D eigenvalue weighted by molar-refractivity contribution is 0.0780. The van der Waals surface area contributed by atoms with Gasteiger partial charge < -0.3 is 19.9 Å². The zero-order valence-electron chi connectivity index (χ0n) is 25.6. The molecule has 2 aromatic carbocycles. The largest absolute Gasteiger partial charge is 0.497 e. The summed E-state index contributed by atoms with van der Waals surface area (Å²) in [4.78, 5) is 45.7. The van der Waals surface area contributed by atoms with Gasteiger partial charge in [0, 0.05) is 19.3 Å². The van der Waals surface area contributed by atoms with Gasteiger partial charge in [-0.1, -0.05) is 49.0 Å². The molecule has 2 aromatic heterocycles. The molecular weight excluding hydrogens is 593 g/mol. The zero-order valence-corrected chi connectivity index (χ0v) is 26.4. The summed E-state index contributed by atoms with van der Waals surface area (Å²) in [6.07, 6.45) is 9.79. The topological polar surface area (TPSA) is 105 Å². The molecule has 6 rings (SSSR count). The van der Waals surface area contributed by atoms with Crippen LogP contribution in [0.4, 0.5) is 16.0 Å². The first kappa shape index (κ1) is 30.3. The molecule has 1 amide bonds. The fourth-order valence-corrected chi connectivity index (χ4v) is 6.03. The number of hydrogen-bond acceptors (Lipinski definition) is 9. The number of nitrogens with zero attached hydrogens (tertiary/aromatic N) is 6. The number of halogens is 1. The Bertz CT molecular complexity index is 1890. The molecular formula is C33H34FN7O3S. The van der Waals surface area contributed by atoms with E-state index >= 15 is 0 Å². The number of carbonyl (C=O) groups excluding carboxylic acids is 1. The third kappa shape index (κ3) is 5.77. The molecule has 0 saturated heterocycles. The second-order valence-electron chi connectivity index (χ2n) is 10.9. The molecule has 12 heteroatoms. The number of nitrogens with one attached hydrogen (secondary N) is 1. The molecule has 2 aliphatic rings. The van der Waals surface area contributed by atoms with E-state index in [2.05, 4.69) is 5.32 Å². The second-order valence-corrected chi connectivity index (χ2v) is 11.7. The number of aromatic nitrogens is 4. The average Bonchev–Trinajstić information content (AvgIpc) is 3.06. The lowest BCUT2D eigenvalue weighted by Crippen LogP contribution is -2.45. The number of ether oxygens (including phenoxy) is 1. The Labute approximate surface area is 264 Å². The number of allylic oxidation sites excluding steroid dienone is 4. The van der Waals surface area contributed by atoms with E-state index in [4.69, 9.17) is 19.7 Å². The Kier molecular flexibility index (Phi) is 8.57. The summed E-state index contributed by atoms with van der Waals surface area (Å²) >= 11 is 1.37. The van der Waals surface area contributed by atoms with E-state index in [-0.39, 0.29) is 16.8 Å². The summed E-state index contributed by atoms with van der Waals surface area (Å²) in [6, 6.07) is 11.7. The predicted molar refractivity (Wildman–Crippen MR) is 175 cm³/mol. The summed E-state index contributed by atoms with van der Waals surface area (Å²) in [7, 11) is 3.37. The standard InChI is InChI=1S/C33H34FN7O3S/c1-5-24(29-36-25-13-9-12-23(34)26(25)32(43)41(29)21-10-7-6-8-11-21)35-28-27-30(38-33(37-28)45-4)40(19-39(2)31(27)42)18-20-14-16-22(44-3)17-15-20/h7,9-17,24H,5-6,8,18-19H2,1-4H3,(H,35,37,38). The summed E-state index contributed by atoms with van der Waals surface area (Å²) in [5.41, 5.74) is 1.78. The number of benzene rings is 2. The maximum absolute atomic E-state index is 15.0. The molecule has 0 saturated carbocycles. The number of anilines is 2. The van der Waals surface area contributed by atoms with Crippen molar-refractivity contribution in [2.45, 2.75) is 43.9 Å². The van der Waals surface area contributed by atoms with Crippen molar-refractivity contribution >= 4 is 45.9 Å². The van der Waals surface area contributed by atoms with Crippen molar-refractivity contribution in [1.29, 1.82) is 0 Å². The van der Waals surface area contributed by atoms with E-state index < -0.39 is 17.4 Å². The van der Waals surface area contributed by atoms with Gasteiger partial charge in [-0.15, -0.1) is 0 Å². The molecule has 232 valence electrons. The van der Waals surface area contributed by atoms with Crippen molar-refractivity contribution in [2.24, 2.45) is 0 Å². The van der Waals surface area contributed by atoms with Crippen LogP contribution in [0.1, 0.15) is 54.0 Å². The molecule has 1 unspecified atom stereocenters. The molecule has 0 spiro atoms. The minimum absolute atomic E-state index is 0.0639. The molecule has 1 atom stereocenters. The first-order valence-corrected chi connectivity index (χ1v) is 16.0. The van der Waals surface area contributed by atoms with Gasteiger partial charge in [-0.3, -0.25) is 14.2 Å². The summed E-state index contributed by atoms with van der Waals surface area (Å²) in [6.45, 7) is 2.81. The van der Waals surface area contributed by atoms with Crippen molar-refractivity contribution in [2.75, 3.05) is 37.3 Å².